The van der Waals surface area contributed by atoms with Crippen molar-refractivity contribution in [2.24, 2.45) is 5.92 Å². The minimum absolute atomic E-state index is 0.178. The number of nitrogens with zero attached hydrogens (tertiary/aromatic N) is 2. The van der Waals surface area contributed by atoms with Crippen LogP contribution in [-0.4, -0.2) is 14.9 Å². The van der Waals surface area contributed by atoms with Gasteiger partial charge in [0.2, 0.25) is 0 Å². The predicted molar refractivity (Wildman–Crippen MR) is 124 cm³/mol. The van der Waals surface area contributed by atoms with Gasteiger partial charge in [-0.15, -0.1) is 0 Å². The third-order valence-electron chi connectivity index (χ3n) is 6.82. The number of hydrogen-bond acceptors (Lipinski definition) is 2. The summed E-state index contributed by atoms with van der Waals surface area (Å²) in [7, 11) is 0. The molecule has 3 heteroatoms. The summed E-state index contributed by atoms with van der Waals surface area (Å²) < 4.78 is 2.11. The molecule has 0 saturated heterocycles. The second kappa shape index (κ2) is 8.43. The zero-order valence-corrected chi connectivity index (χ0v) is 17.9. The summed E-state index contributed by atoms with van der Waals surface area (Å²) in [6.07, 6.45) is 6.25. The lowest BCUT2D eigenvalue weighted by molar-refractivity contribution is 0.322. The van der Waals surface area contributed by atoms with Crippen LogP contribution in [0, 0.1) is 5.92 Å². The van der Waals surface area contributed by atoms with Crippen LogP contribution in [-0.2, 0) is 13.0 Å². The van der Waals surface area contributed by atoms with Gasteiger partial charge >= 0.3 is 0 Å². The van der Waals surface area contributed by atoms with Gasteiger partial charge < -0.3 is 5.11 Å². The Kier molecular flexibility index (Phi) is 5.33. The van der Waals surface area contributed by atoms with E-state index in [1.165, 1.54) is 22.3 Å². The van der Waals surface area contributed by atoms with Gasteiger partial charge in [0, 0.05) is 24.2 Å². The van der Waals surface area contributed by atoms with E-state index in [9.17, 15) is 5.11 Å². The predicted octanol–water partition coefficient (Wildman–Crippen LogP) is 6.14. The highest BCUT2D eigenvalue weighted by atomic mass is 16.3. The van der Waals surface area contributed by atoms with Crippen LogP contribution in [0.4, 0.5) is 0 Å². The van der Waals surface area contributed by atoms with Gasteiger partial charge in [0.05, 0.1) is 6.20 Å². The van der Waals surface area contributed by atoms with Crippen LogP contribution in [0.15, 0.2) is 91.3 Å². The van der Waals surface area contributed by atoms with E-state index in [1.54, 1.807) is 6.07 Å². The number of hydrogen-bond donors (Lipinski definition) is 1. The first kappa shape index (κ1) is 19.6. The molecule has 1 aliphatic carbocycles. The smallest absolute Gasteiger partial charge is 0.119 e. The molecular weight excluding hydrogens is 380 g/mol. The second-order valence-electron chi connectivity index (χ2n) is 8.68. The van der Waals surface area contributed by atoms with Crippen molar-refractivity contribution in [1.29, 1.82) is 0 Å². The summed E-state index contributed by atoms with van der Waals surface area (Å²) in [5, 5.41) is 15.0. The van der Waals surface area contributed by atoms with E-state index in [0.29, 0.717) is 17.6 Å². The van der Waals surface area contributed by atoms with E-state index in [-0.39, 0.29) is 5.92 Å². The third kappa shape index (κ3) is 3.88. The molecule has 0 radical (unpaired) electrons. The maximum atomic E-state index is 10.2. The standard InChI is InChI=1S/C28H28N2O/c1-20-23(15-16-26-25(20)13-8-14-27(26)31)18-30-19-24(17-29-30)28(21-9-4-2-5-10-21)22-11-6-3-7-12-22/h2-14,17,19-20,23,28,31H,15-16,18H2,1H3. The van der Waals surface area contributed by atoms with Crippen molar-refractivity contribution in [2.75, 3.05) is 0 Å². The van der Waals surface area contributed by atoms with Crippen LogP contribution in [0.1, 0.15) is 53.0 Å². The quantitative estimate of drug-likeness (QED) is 0.431. The maximum absolute atomic E-state index is 10.2. The fourth-order valence-electron chi connectivity index (χ4n) is 5.11. The monoisotopic (exact) mass is 408 g/mol. The topological polar surface area (TPSA) is 38.0 Å². The second-order valence-corrected chi connectivity index (χ2v) is 8.68. The van der Waals surface area contributed by atoms with Crippen LogP contribution in [0.3, 0.4) is 0 Å². The lowest BCUT2D eigenvalue weighted by Gasteiger charge is -2.31. The first-order valence-corrected chi connectivity index (χ1v) is 11.1. The number of fused-ring (bicyclic) bond motifs is 1. The van der Waals surface area contributed by atoms with E-state index in [1.807, 2.05) is 12.3 Å². The number of aromatic nitrogens is 2. The fourth-order valence-corrected chi connectivity index (χ4v) is 5.11. The molecule has 31 heavy (non-hydrogen) atoms. The van der Waals surface area contributed by atoms with Gasteiger partial charge in [0.25, 0.3) is 0 Å². The van der Waals surface area contributed by atoms with Crippen LogP contribution in [0.2, 0.25) is 0 Å². The minimum atomic E-state index is 0.178. The Morgan fingerprint density at radius 3 is 2.26 bits per heavy atom. The summed E-state index contributed by atoms with van der Waals surface area (Å²) in [6, 6.07) is 27.3. The Bertz CT molecular complexity index is 1110. The number of phenolic OH excluding ortho intramolecular Hbond substituents is 1. The summed E-state index contributed by atoms with van der Waals surface area (Å²) in [4.78, 5) is 0. The summed E-state index contributed by atoms with van der Waals surface area (Å²) in [6.45, 7) is 3.18. The van der Waals surface area contributed by atoms with Crippen molar-refractivity contribution in [1.82, 2.24) is 9.78 Å². The minimum Gasteiger partial charge on any atom is -0.508 e. The van der Waals surface area contributed by atoms with Gasteiger partial charge in [0.1, 0.15) is 5.75 Å². The maximum Gasteiger partial charge on any atom is 0.119 e. The van der Waals surface area contributed by atoms with Gasteiger partial charge in [-0.05, 0) is 53.0 Å². The number of benzene rings is 3. The molecule has 156 valence electrons. The SMILES string of the molecule is CC1c2cccc(O)c2CCC1Cn1cc(C(c2ccccc2)c2ccccc2)cn1. The van der Waals surface area contributed by atoms with Gasteiger partial charge in [-0.1, -0.05) is 79.7 Å². The largest absolute Gasteiger partial charge is 0.508 e. The fraction of sp³-hybridized carbons (Fsp3) is 0.250. The van der Waals surface area contributed by atoms with E-state index in [0.717, 1.165) is 24.9 Å². The highest BCUT2D eigenvalue weighted by Gasteiger charge is 2.28. The molecule has 5 rings (SSSR count). The molecular formula is C28H28N2O. The molecule has 0 saturated carbocycles. The van der Waals surface area contributed by atoms with E-state index < -0.39 is 0 Å². The molecule has 0 fully saturated rings. The van der Waals surface area contributed by atoms with Crippen LogP contribution >= 0.6 is 0 Å². The zero-order valence-electron chi connectivity index (χ0n) is 17.9. The van der Waals surface area contributed by atoms with Crippen LogP contribution in [0.5, 0.6) is 5.75 Å². The molecule has 1 aromatic heterocycles. The Balaban J connectivity index is 1.41. The lowest BCUT2D eigenvalue weighted by atomic mass is 9.76. The molecule has 2 unspecified atom stereocenters. The molecule has 1 aliphatic rings. The Morgan fingerprint density at radius 2 is 1.58 bits per heavy atom. The number of rotatable bonds is 5. The molecule has 4 aromatic rings. The summed E-state index contributed by atoms with van der Waals surface area (Å²) >= 11 is 0. The van der Waals surface area contributed by atoms with Crippen molar-refractivity contribution in [3.63, 3.8) is 0 Å². The van der Waals surface area contributed by atoms with Crippen molar-refractivity contribution in [3.05, 3.63) is 119 Å². The normalized spacial score (nSPS) is 18.1. The highest BCUT2D eigenvalue weighted by molar-refractivity contribution is 5.43. The van der Waals surface area contributed by atoms with E-state index in [4.69, 9.17) is 5.10 Å². The zero-order chi connectivity index (χ0) is 21.2. The molecule has 1 heterocycles. The van der Waals surface area contributed by atoms with Gasteiger partial charge in [0.15, 0.2) is 0 Å². The van der Waals surface area contributed by atoms with Crippen LogP contribution in [0.25, 0.3) is 0 Å². The van der Waals surface area contributed by atoms with Crippen molar-refractivity contribution < 1.29 is 5.11 Å². The molecule has 3 aromatic carbocycles. The van der Waals surface area contributed by atoms with E-state index >= 15 is 0 Å². The van der Waals surface area contributed by atoms with Crippen molar-refractivity contribution in [3.8, 4) is 5.75 Å². The first-order valence-electron chi connectivity index (χ1n) is 11.1. The van der Waals surface area contributed by atoms with Gasteiger partial charge in [-0.25, -0.2) is 0 Å². The average Bonchev–Trinajstić information content (AvgIpc) is 3.26. The molecule has 0 aliphatic heterocycles. The van der Waals surface area contributed by atoms with Gasteiger partial charge in [-0.2, -0.15) is 5.10 Å². The molecule has 1 N–H and O–H groups in total. The number of aromatic hydroxyl groups is 1. The van der Waals surface area contributed by atoms with Crippen molar-refractivity contribution in [2.45, 2.75) is 38.1 Å². The molecule has 0 bridgehead atoms. The third-order valence-corrected chi connectivity index (χ3v) is 6.82. The summed E-state index contributed by atoms with van der Waals surface area (Å²) in [5.41, 5.74) is 6.20. The van der Waals surface area contributed by atoms with Crippen LogP contribution < -0.4 is 0 Å². The Hall–Kier alpha value is -3.33. The first-order chi connectivity index (χ1) is 15.2. The molecule has 2 atom stereocenters. The van der Waals surface area contributed by atoms with Gasteiger partial charge in [-0.3, -0.25) is 4.68 Å². The molecule has 0 spiro atoms. The number of phenols is 1. The highest BCUT2D eigenvalue weighted by Crippen LogP contribution is 2.40. The Labute approximate surface area is 184 Å². The molecule has 3 nitrogen and oxygen atoms in total. The summed E-state index contributed by atoms with van der Waals surface area (Å²) in [5.74, 6) is 1.53. The van der Waals surface area contributed by atoms with Crippen molar-refractivity contribution >= 4 is 0 Å². The lowest BCUT2D eigenvalue weighted by Crippen LogP contribution is -2.23. The molecule has 0 amide bonds. The average molecular weight is 409 g/mol. The van der Waals surface area contributed by atoms with E-state index in [2.05, 4.69) is 84.5 Å². The Morgan fingerprint density at radius 1 is 0.903 bits per heavy atom.